The molecular weight excluding hydrogens is 222 g/mol. The Morgan fingerprint density at radius 3 is 2.78 bits per heavy atom. The van der Waals surface area contributed by atoms with Crippen molar-refractivity contribution in [3.8, 4) is 0 Å². The van der Waals surface area contributed by atoms with Crippen LogP contribution < -0.4 is 5.56 Å². The SMILES string of the molecule is C=CC(CC)c1ccc2[nH]c(=O)c(CC)cc2c1.[HH].[HH]. The molecule has 2 heteroatoms. The lowest BCUT2D eigenvalue weighted by Crippen LogP contribution is -2.11. The van der Waals surface area contributed by atoms with Crippen LogP contribution in [-0.2, 0) is 6.42 Å². The number of aromatic amines is 1. The summed E-state index contributed by atoms with van der Waals surface area (Å²) in [6.45, 7) is 8.03. The minimum Gasteiger partial charge on any atom is -0.322 e. The first-order chi connectivity index (χ1) is 8.69. The summed E-state index contributed by atoms with van der Waals surface area (Å²) >= 11 is 0. The molecule has 0 saturated heterocycles. The van der Waals surface area contributed by atoms with E-state index in [2.05, 4.69) is 30.6 Å². The fraction of sp³-hybridized carbons (Fsp3) is 0.312. The lowest BCUT2D eigenvalue weighted by Gasteiger charge is -2.11. The Morgan fingerprint density at radius 1 is 1.39 bits per heavy atom. The zero-order valence-corrected chi connectivity index (χ0v) is 11.0. The molecule has 98 valence electrons. The second-order valence-corrected chi connectivity index (χ2v) is 4.57. The van der Waals surface area contributed by atoms with Crippen molar-refractivity contribution in [1.82, 2.24) is 4.98 Å². The second kappa shape index (κ2) is 5.21. The molecule has 0 aliphatic heterocycles. The van der Waals surface area contributed by atoms with E-state index in [-0.39, 0.29) is 8.41 Å². The van der Waals surface area contributed by atoms with Crippen molar-refractivity contribution in [2.45, 2.75) is 32.6 Å². The predicted molar refractivity (Wildman–Crippen MR) is 81.4 cm³/mol. The van der Waals surface area contributed by atoms with Gasteiger partial charge in [0.25, 0.3) is 5.56 Å². The molecule has 18 heavy (non-hydrogen) atoms. The number of aromatic nitrogens is 1. The molecule has 2 nitrogen and oxygen atoms in total. The largest absolute Gasteiger partial charge is 0.322 e. The third-order valence-electron chi connectivity index (χ3n) is 3.48. The molecule has 0 saturated carbocycles. The molecule has 1 aromatic heterocycles. The highest BCUT2D eigenvalue weighted by Gasteiger charge is 2.07. The summed E-state index contributed by atoms with van der Waals surface area (Å²) < 4.78 is 0. The number of benzene rings is 1. The second-order valence-electron chi connectivity index (χ2n) is 4.57. The van der Waals surface area contributed by atoms with E-state index in [4.69, 9.17) is 0 Å². The predicted octanol–water partition coefficient (Wildman–Crippen LogP) is 4.26. The molecule has 1 aromatic carbocycles. The van der Waals surface area contributed by atoms with Crippen molar-refractivity contribution in [1.29, 1.82) is 0 Å². The standard InChI is InChI=1S/C16H19NO.2H2/c1-4-11(5-2)13-7-8-15-14(10-13)9-12(6-3)16(18)17-15;;/h4,7-11H,1,5-6H2,2-3H3,(H,17,18);2*1H. The van der Waals surface area contributed by atoms with Crippen LogP contribution >= 0.6 is 0 Å². The summed E-state index contributed by atoms with van der Waals surface area (Å²) in [7, 11) is 0. The highest BCUT2D eigenvalue weighted by Crippen LogP contribution is 2.24. The first-order valence-electron chi connectivity index (χ1n) is 6.48. The summed E-state index contributed by atoms with van der Waals surface area (Å²) in [5.74, 6) is 0.381. The van der Waals surface area contributed by atoms with Crippen LogP contribution in [0.15, 0.2) is 41.7 Å². The van der Waals surface area contributed by atoms with Crippen molar-refractivity contribution < 1.29 is 2.85 Å². The first kappa shape index (κ1) is 12.6. The van der Waals surface area contributed by atoms with E-state index >= 15 is 0 Å². The lowest BCUT2D eigenvalue weighted by atomic mass is 9.95. The maximum atomic E-state index is 11.7. The smallest absolute Gasteiger partial charge is 0.251 e. The molecule has 2 aromatic rings. The fourth-order valence-electron chi connectivity index (χ4n) is 2.30. The normalized spacial score (nSPS) is 12.6. The molecule has 0 aliphatic rings. The average Bonchev–Trinajstić information content (AvgIpc) is 2.39. The summed E-state index contributed by atoms with van der Waals surface area (Å²) in [5.41, 5.74) is 3.02. The van der Waals surface area contributed by atoms with Gasteiger partial charge in [0, 0.05) is 19.9 Å². The van der Waals surface area contributed by atoms with Gasteiger partial charge in [-0.25, -0.2) is 0 Å². The minimum atomic E-state index is 0. The van der Waals surface area contributed by atoms with Gasteiger partial charge >= 0.3 is 0 Å². The highest BCUT2D eigenvalue weighted by atomic mass is 16.1. The molecule has 0 radical (unpaired) electrons. The molecular formula is C16H23NO. The van der Waals surface area contributed by atoms with Crippen molar-refractivity contribution in [3.05, 3.63) is 58.4 Å². The van der Waals surface area contributed by atoms with Crippen LogP contribution in [0.3, 0.4) is 0 Å². The van der Waals surface area contributed by atoms with Crippen LogP contribution in [0, 0.1) is 0 Å². The molecule has 1 atom stereocenters. The quantitative estimate of drug-likeness (QED) is 0.802. The van der Waals surface area contributed by atoms with E-state index in [9.17, 15) is 4.79 Å². The van der Waals surface area contributed by atoms with Gasteiger partial charge in [0.2, 0.25) is 0 Å². The Morgan fingerprint density at radius 2 is 2.17 bits per heavy atom. The Bertz CT molecular complexity index is 634. The molecule has 1 unspecified atom stereocenters. The number of hydrogen-bond acceptors (Lipinski definition) is 1. The lowest BCUT2D eigenvalue weighted by molar-refractivity contribution is 0.808. The fourth-order valence-corrected chi connectivity index (χ4v) is 2.30. The summed E-state index contributed by atoms with van der Waals surface area (Å²) in [6.07, 6.45) is 3.78. The topological polar surface area (TPSA) is 32.9 Å². The van der Waals surface area contributed by atoms with Crippen molar-refractivity contribution in [2.75, 3.05) is 0 Å². The third-order valence-corrected chi connectivity index (χ3v) is 3.48. The number of H-pyrrole nitrogens is 1. The minimum absolute atomic E-state index is 0. The molecule has 0 amide bonds. The van der Waals surface area contributed by atoms with E-state index in [0.29, 0.717) is 5.92 Å². The summed E-state index contributed by atoms with van der Waals surface area (Å²) in [6, 6.07) is 8.20. The Kier molecular flexibility index (Phi) is 3.66. The average molecular weight is 245 g/mol. The summed E-state index contributed by atoms with van der Waals surface area (Å²) in [4.78, 5) is 14.7. The molecule has 0 bridgehead atoms. The Labute approximate surface area is 110 Å². The van der Waals surface area contributed by atoms with E-state index in [0.717, 1.165) is 29.3 Å². The van der Waals surface area contributed by atoms with Crippen molar-refractivity contribution in [3.63, 3.8) is 0 Å². The number of aryl methyl sites for hydroxylation is 1. The first-order valence-corrected chi connectivity index (χ1v) is 6.48. The number of hydrogen-bond donors (Lipinski definition) is 1. The van der Waals surface area contributed by atoms with Crippen LogP contribution in [0.25, 0.3) is 10.9 Å². The monoisotopic (exact) mass is 245 g/mol. The number of pyridine rings is 1. The highest BCUT2D eigenvalue weighted by molar-refractivity contribution is 5.80. The third kappa shape index (κ3) is 2.23. The molecule has 2 rings (SSSR count). The zero-order chi connectivity index (χ0) is 13.1. The van der Waals surface area contributed by atoms with Crippen LogP contribution in [0.1, 0.15) is 40.2 Å². The molecule has 1 N–H and O–H groups in total. The van der Waals surface area contributed by atoms with E-state index in [1.165, 1.54) is 5.56 Å². The van der Waals surface area contributed by atoms with E-state index in [1.54, 1.807) is 0 Å². The van der Waals surface area contributed by atoms with E-state index < -0.39 is 0 Å². The maximum Gasteiger partial charge on any atom is 0.251 e. The van der Waals surface area contributed by atoms with Gasteiger partial charge in [-0.2, -0.15) is 0 Å². The molecule has 1 heterocycles. The zero-order valence-electron chi connectivity index (χ0n) is 11.0. The maximum absolute atomic E-state index is 11.7. The Balaban J connectivity index is 0.00000180. The van der Waals surface area contributed by atoms with E-state index in [1.807, 2.05) is 25.1 Å². The number of rotatable bonds is 4. The van der Waals surface area contributed by atoms with Crippen LogP contribution in [0.2, 0.25) is 0 Å². The number of fused-ring (bicyclic) bond motifs is 1. The van der Waals surface area contributed by atoms with Gasteiger partial charge in [-0.1, -0.05) is 26.0 Å². The summed E-state index contributed by atoms with van der Waals surface area (Å²) in [5, 5.41) is 1.10. The van der Waals surface area contributed by atoms with Crippen molar-refractivity contribution >= 4 is 10.9 Å². The Hall–Kier alpha value is -1.83. The van der Waals surface area contributed by atoms with Gasteiger partial charge in [-0.3, -0.25) is 4.79 Å². The van der Waals surface area contributed by atoms with Crippen LogP contribution in [-0.4, -0.2) is 4.98 Å². The van der Waals surface area contributed by atoms with Gasteiger partial charge in [0.15, 0.2) is 0 Å². The van der Waals surface area contributed by atoms with Crippen LogP contribution in [0.5, 0.6) is 0 Å². The number of allylic oxidation sites excluding steroid dienone is 1. The molecule has 0 fully saturated rings. The van der Waals surface area contributed by atoms with Crippen molar-refractivity contribution in [2.24, 2.45) is 0 Å². The van der Waals surface area contributed by atoms with Gasteiger partial charge in [0.05, 0.1) is 0 Å². The number of nitrogens with one attached hydrogen (secondary N) is 1. The van der Waals surface area contributed by atoms with Gasteiger partial charge in [-0.05, 0) is 42.0 Å². The molecule has 0 spiro atoms. The van der Waals surface area contributed by atoms with Gasteiger partial charge in [-0.15, -0.1) is 6.58 Å². The van der Waals surface area contributed by atoms with Gasteiger partial charge in [0.1, 0.15) is 0 Å². The molecule has 0 aliphatic carbocycles. The van der Waals surface area contributed by atoms with Crippen LogP contribution in [0.4, 0.5) is 0 Å². The van der Waals surface area contributed by atoms with Gasteiger partial charge < -0.3 is 4.98 Å².